The lowest BCUT2D eigenvalue weighted by Crippen LogP contribution is -2.46. The number of likely N-dealkylation sites (N-methyl/N-ethyl adjacent to an activating group) is 1. The third-order valence-electron chi connectivity index (χ3n) is 7.42. The molecule has 0 saturated carbocycles. The summed E-state index contributed by atoms with van der Waals surface area (Å²) in [4.78, 5) is 18.4. The van der Waals surface area contributed by atoms with Crippen molar-refractivity contribution in [1.82, 2.24) is 9.21 Å². The summed E-state index contributed by atoms with van der Waals surface area (Å²) in [5, 5.41) is 3.15. The quantitative estimate of drug-likeness (QED) is 0.597. The lowest BCUT2D eigenvalue weighted by Gasteiger charge is -2.36. The summed E-state index contributed by atoms with van der Waals surface area (Å²) in [5.41, 5.74) is 3.78. The Hall–Kier alpha value is -2.42. The number of carbonyl (C=O) groups excluding carboxylic acids is 1. The number of sulfonamides is 1. The van der Waals surface area contributed by atoms with Crippen LogP contribution in [0.4, 0.5) is 11.4 Å². The molecular weight excluding hydrogens is 460 g/mol. The highest BCUT2D eigenvalue weighted by Crippen LogP contribution is 2.35. The van der Waals surface area contributed by atoms with Crippen molar-refractivity contribution >= 4 is 27.3 Å². The van der Waals surface area contributed by atoms with E-state index in [4.69, 9.17) is 0 Å². The molecule has 1 aliphatic carbocycles. The van der Waals surface area contributed by atoms with Crippen LogP contribution < -0.4 is 10.2 Å². The summed E-state index contributed by atoms with van der Waals surface area (Å²) in [6.07, 6.45) is 2.76. The minimum absolute atomic E-state index is 0.0667. The van der Waals surface area contributed by atoms with Gasteiger partial charge in [0.15, 0.2) is 0 Å². The Bertz CT molecular complexity index is 1140. The highest BCUT2D eigenvalue weighted by Gasteiger charge is 2.29. The third kappa shape index (κ3) is 5.39. The normalized spacial score (nSPS) is 19.0. The van der Waals surface area contributed by atoms with Crippen molar-refractivity contribution in [1.29, 1.82) is 0 Å². The molecule has 0 unspecified atom stereocenters. The second-order valence-corrected chi connectivity index (χ2v) is 11.3. The van der Waals surface area contributed by atoms with Crippen LogP contribution in [0.25, 0.3) is 0 Å². The van der Waals surface area contributed by atoms with E-state index in [0.29, 0.717) is 18.8 Å². The molecule has 0 spiro atoms. The van der Waals surface area contributed by atoms with Crippen LogP contribution in [0.15, 0.2) is 47.4 Å². The van der Waals surface area contributed by atoms with Gasteiger partial charge in [-0.1, -0.05) is 45.0 Å². The summed E-state index contributed by atoms with van der Waals surface area (Å²) in [5.74, 6) is -0.296. The van der Waals surface area contributed by atoms with Crippen LogP contribution in [0.5, 0.6) is 0 Å². The maximum atomic E-state index is 13.6. The van der Waals surface area contributed by atoms with Gasteiger partial charge in [-0.05, 0) is 55.1 Å². The number of amides is 1. The second kappa shape index (κ2) is 11.1. The van der Waals surface area contributed by atoms with Gasteiger partial charge in [0.25, 0.3) is 0 Å². The number of piperazine rings is 1. The van der Waals surface area contributed by atoms with Crippen molar-refractivity contribution in [3.63, 3.8) is 0 Å². The van der Waals surface area contributed by atoms with Crippen LogP contribution in [-0.4, -0.2) is 69.3 Å². The summed E-state index contributed by atoms with van der Waals surface area (Å²) in [7, 11) is -3.64. The molecule has 8 heteroatoms. The average molecular weight is 499 g/mol. The van der Waals surface area contributed by atoms with Crippen LogP contribution in [0.1, 0.15) is 50.7 Å². The van der Waals surface area contributed by atoms with E-state index in [1.165, 1.54) is 9.87 Å². The molecule has 0 aromatic heterocycles. The van der Waals surface area contributed by atoms with E-state index in [0.717, 1.165) is 63.2 Å². The number of carbonyl (C=O) groups is 1. The molecule has 7 nitrogen and oxygen atoms in total. The number of rotatable bonds is 8. The molecule has 1 fully saturated rings. The number of fused-ring (bicyclic) bond motifs is 1. The molecule has 2 aromatic carbocycles. The molecule has 1 aliphatic heterocycles. The summed E-state index contributed by atoms with van der Waals surface area (Å²) in [6.45, 7) is 11.2. The minimum atomic E-state index is -3.64. The number of hydrogen-bond acceptors (Lipinski definition) is 5. The van der Waals surface area contributed by atoms with Gasteiger partial charge >= 0.3 is 0 Å². The Morgan fingerprint density at radius 1 is 1.03 bits per heavy atom. The largest absolute Gasteiger partial charge is 0.367 e. The van der Waals surface area contributed by atoms with Gasteiger partial charge in [-0.3, -0.25) is 4.79 Å². The first-order valence-electron chi connectivity index (χ1n) is 12.9. The van der Waals surface area contributed by atoms with Gasteiger partial charge in [-0.25, -0.2) is 8.42 Å². The van der Waals surface area contributed by atoms with Gasteiger partial charge in [0, 0.05) is 39.3 Å². The predicted molar refractivity (Wildman–Crippen MR) is 142 cm³/mol. The second-order valence-electron chi connectivity index (χ2n) is 9.32. The zero-order valence-electron chi connectivity index (χ0n) is 21.2. The fourth-order valence-corrected chi connectivity index (χ4v) is 6.80. The Morgan fingerprint density at radius 3 is 2.43 bits per heavy atom. The fraction of sp³-hybridized carbons (Fsp3) is 0.519. The molecular formula is C27H38N4O3S. The van der Waals surface area contributed by atoms with Crippen LogP contribution in [0, 0.1) is 0 Å². The molecule has 2 aromatic rings. The fourth-order valence-electron chi connectivity index (χ4n) is 5.32. The zero-order chi connectivity index (χ0) is 25.0. The van der Waals surface area contributed by atoms with Gasteiger partial charge < -0.3 is 15.1 Å². The molecule has 4 rings (SSSR count). The van der Waals surface area contributed by atoms with Crippen molar-refractivity contribution in [2.24, 2.45) is 0 Å². The van der Waals surface area contributed by atoms with Crippen LogP contribution in [0.2, 0.25) is 0 Å². The lowest BCUT2D eigenvalue weighted by molar-refractivity contribution is -0.117. The number of hydrogen-bond donors (Lipinski definition) is 1. The van der Waals surface area contributed by atoms with E-state index in [9.17, 15) is 13.2 Å². The van der Waals surface area contributed by atoms with Crippen molar-refractivity contribution < 1.29 is 13.2 Å². The number of nitrogens with one attached hydrogen (secondary N) is 1. The predicted octanol–water partition coefficient (Wildman–Crippen LogP) is 3.92. The number of aryl methyl sites for hydroxylation is 1. The minimum Gasteiger partial charge on any atom is -0.367 e. The SMILES string of the molecule is CCN1CCN(c2ccc(S(=O)(=O)N(CC)CC)cc2NC(=O)[C@@H]2CCCc3ccccc32)CC1. The summed E-state index contributed by atoms with van der Waals surface area (Å²) >= 11 is 0. The molecule has 1 N–H and O–H groups in total. The van der Waals surface area contributed by atoms with Crippen LogP contribution >= 0.6 is 0 Å². The van der Waals surface area contributed by atoms with Crippen LogP contribution in [-0.2, 0) is 21.2 Å². The Kier molecular flexibility index (Phi) is 8.14. The van der Waals surface area contributed by atoms with Crippen molar-refractivity contribution in [3.05, 3.63) is 53.6 Å². The maximum Gasteiger partial charge on any atom is 0.243 e. The van der Waals surface area contributed by atoms with Crippen molar-refractivity contribution in [2.45, 2.75) is 50.8 Å². The molecule has 0 radical (unpaired) electrons. The van der Waals surface area contributed by atoms with Crippen LogP contribution in [0.3, 0.4) is 0 Å². The smallest absolute Gasteiger partial charge is 0.243 e. The maximum absolute atomic E-state index is 13.6. The molecule has 1 heterocycles. The van der Waals surface area contributed by atoms with E-state index >= 15 is 0 Å². The summed E-state index contributed by atoms with van der Waals surface area (Å²) in [6, 6.07) is 13.4. The first kappa shape index (κ1) is 25.7. The lowest BCUT2D eigenvalue weighted by atomic mass is 9.82. The van der Waals surface area contributed by atoms with Gasteiger partial charge in [0.1, 0.15) is 0 Å². The van der Waals surface area contributed by atoms with E-state index in [2.05, 4.69) is 28.1 Å². The van der Waals surface area contributed by atoms with Gasteiger partial charge in [0.05, 0.1) is 22.2 Å². The molecule has 1 amide bonds. The number of benzene rings is 2. The Morgan fingerprint density at radius 2 is 1.74 bits per heavy atom. The van der Waals surface area contributed by atoms with Gasteiger partial charge in [0.2, 0.25) is 15.9 Å². The van der Waals surface area contributed by atoms with Crippen molar-refractivity contribution in [3.8, 4) is 0 Å². The molecule has 190 valence electrons. The molecule has 1 atom stereocenters. The average Bonchev–Trinajstić information content (AvgIpc) is 2.89. The monoisotopic (exact) mass is 498 g/mol. The van der Waals surface area contributed by atoms with Crippen molar-refractivity contribution in [2.75, 3.05) is 56.0 Å². The van der Waals surface area contributed by atoms with E-state index in [1.807, 2.05) is 38.1 Å². The van der Waals surface area contributed by atoms with E-state index < -0.39 is 10.0 Å². The third-order valence-corrected chi connectivity index (χ3v) is 9.46. The van der Waals surface area contributed by atoms with E-state index in [1.54, 1.807) is 12.1 Å². The molecule has 1 saturated heterocycles. The highest BCUT2D eigenvalue weighted by atomic mass is 32.2. The standard InChI is InChI=1S/C27H38N4O3S/c1-4-29-16-18-30(19-17-29)26-15-14-22(35(33,34)31(5-2)6-3)20-25(26)28-27(32)24-13-9-11-21-10-7-8-12-23(21)24/h7-8,10,12,14-15,20,24H,4-6,9,11,13,16-19H2,1-3H3,(H,28,32)/t24-/m1/s1. The number of nitrogens with zero attached hydrogens (tertiary/aromatic N) is 3. The zero-order valence-corrected chi connectivity index (χ0v) is 22.0. The van der Waals surface area contributed by atoms with Gasteiger partial charge in [-0.2, -0.15) is 4.31 Å². The first-order chi connectivity index (χ1) is 16.9. The molecule has 2 aliphatic rings. The Labute approximate surface area is 210 Å². The van der Waals surface area contributed by atoms with E-state index in [-0.39, 0.29) is 16.7 Å². The van der Waals surface area contributed by atoms with Gasteiger partial charge in [-0.15, -0.1) is 0 Å². The topological polar surface area (TPSA) is 73.0 Å². The highest BCUT2D eigenvalue weighted by molar-refractivity contribution is 7.89. The Balaban J connectivity index is 1.68. The molecule has 0 bridgehead atoms. The molecule has 35 heavy (non-hydrogen) atoms. The number of anilines is 2. The summed E-state index contributed by atoms with van der Waals surface area (Å²) < 4.78 is 28.0. The first-order valence-corrected chi connectivity index (χ1v) is 14.3.